The van der Waals surface area contributed by atoms with Gasteiger partial charge in [-0.3, -0.25) is 9.89 Å². The molecule has 1 heterocycles. The number of morpholine rings is 1. The third-order valence-electron chi connectivity index (χ3n) is 4.77. The van der Waals surface area contributed by atoms with Gasteiger partial charge in [0.1, 0.15) is 0 Å². The van der Waals surface area contributed by atoms with Gasteiger partial charge in [-0.1, -0.05) is 26.7 Å². The second-order valence-electron chi connectivity index (χ2n) is 6.93. The highest BCUT2D eigenvalue weighted by atomic mass is 16.5. The topological polar surface area (TPSA) is 48.9 Å². The fourth-order valence-electron chi connectivity index (χ4n) is 3.12. The molecule has 2 rings (SSSR count). The van der Waals surface area contributed by atoms with Crippen molar-refractivity contribution >= 4 is 5.96 Å². The van der Waals surface area contributed by atoms with Crippen molar-refractivity contribution in [1.29, 1.82) is 0 Å². The van der Waals surface area contributed by atoms with Crippen molar-refractivity contribution in [2.45, 2.75) is 45.6 Å². The van der Waals surface area contributed by atoms with Gasteiger partial charge in [0.2, 0.25) is 0 Å². The van der Waals surface area contributed by atoms with Gasteiger partial charge in [-0.05, 0) is 24.7 Å². The number of hydrogen-bond donors (Lipinski definition) is 2. The van der Waals surface area contributed by atoms with Crippen molar-refractivity contribution in [2.75, 3.05) is 46.4 Å². The lowest BCUT2D eigenvalue weighted by Gasteiger charge is -2.37. The van der Waals surface area contributed by atoms with E-state index in [1.807, 2.05) is 7.05 Å². The molecule has 2 N–H and O–H groups in total. The molecule has 1 aliphatic carbocycles. The monoisotopic (exact) mass is 310 g/mol. The Morgan fingerprint density at radius 1 is 1.23 bits per heavy atom. The molecule has 1 unspecified atom stereocenters. The summed E-state index contributed by atoms with van der Waals surface area (Å²) in [5.41, 5.74) is 0. The lowest BCUT2D eigenvalue weighted by atomic mass is 10.0. The molecule has 1 saturated carbocycles. The molecule has 5 heteroatoms. The van der Waals surface area contributed by atoms with E-state index in [9.17, 15) is 0 Å². The average molecular weight is 310 g/mol. The molecule has 22 heavy (non-hydrogen) atoms. The maximum absolute atomic E-state index is 5.47. The second kappa shape index (κ2) is 9.36. The van der Waals surface area contributed by atoms with Gasteiger partial charge in [0.25, 0.3) is 0 Å². The summed E-state index contributed by atoms with van der Waals surface area (Å²) >= 11 is 0. The minimum absolute atomic E-state index is 0.536. The molecular formula is C17H34N4O. The number of nitrogens with one attached hydrogen (secondary N) is 2. The fourth-order valence-corrected chi connectivity index (χ4v) is 3.12. The van der Waals surface area contributed by atoms with Crippen LogP contribution in [-0.4, -0.2) is 63.3 Å². The van der Waals surface area contributed by atoms with Gasteiger partial charge in [0.15, 0.2) is 5.96 Å². The van der Waals surface area contributed by atoms with Crippen LogP contribution in [0, 0.1) is 11.8 Å². The summed E-state index contributed by atoms with van der Waals surface area (Å²) in [6, 6.07) is 0.536. The highest BCUT2D eigenvalue weighted by Crippen LogP contribution is 2.33. The van der Waals surface area contributed by atoms with Crippen LogP contribution < -0.4 is 10.6 Å². The first-order valence-electron chi connectivity index (χ1n) is 8.97. The predicted octanol–water partition coefficient (Wildman–Crippen LogP) is 1.70. The summed E-state index contributed by atoms with van der Waals surface area (Å²) in [6.07, 6.45) is 5.51. The molecule has 2 fully saturated rings. The standard InChI is InChI=1S/C17H34N4O/c1-14(2)16(21-9-11-22-12-10-21)13-20-17(18-3)19-8-4-5-15-6-7-15/h14-16H,4-13H2,1-3H3,(H2,18,19,20). The van der Waals surface area contributed by atoms with E-state index in [1.165, 1.54) is 25.7 Å². The van der Waals surface area contributed by atoms with Crippen LogP contribution >= 0.6 is 0 Å². The molecule has 0 spiro atoms. The molecule has 1 atom stereocenters. The largest absolute Gasteiger partial charge is 0.379 e. The van der Waals surface area contributed by atoms with Gasteiger partial charge in [0, 0.05) is 39.3 Å². The zero-order chi connectivity index (χ0) is 15.8. The van der Waals surface area contributed by atoms with Crippen LogP contribution in [0.4, 0.5) is 0 Å². The van der Waals surface area contributed by atoms with E-state index < -0.39 is 0 Å². The van der Waals surface area contributed by atoms with Gasteiger partial charge in [-0.25, -0.2) is 0 Å². The Kier molecular flexibility index (Phi) is 7.46. The maximum Gasteiger partial charge on any atom is 0.191 e. The van der Waals surface area contributed by atoms with Crippen molar-refractivity contribution < 1.29 is 4.74 Å². The summed E-state index contributed by atoms with van der Waals surface area (Å²) in [6.45, 7) is 10.4. The normalized spacial score (nSPS) is 21.9. The van der Waals surface area contributed by atoms with Crippen LogP contribution in [0.3, 0.4) is 0 Å². The van der Waals surface area contributed by atoms with E-state index in [0.717, 1.165) is 51.3 Å². The Labute approximate surface area is 135 Å². The first kappa shape index (κ1) is 17.5. The average Bonchev–Trinajstić information content (AvgIpc) is 3.34. The van der Waals surface area contributed by atoms with Crippen molar-refractivity contribution in [3.63, 3.8) is 0 Å². The lowest BCUT2D eigenvalue weighted by Crippen LogP contribution is -2.52. The molecule has 0 radical (unpaired) electrons. The van der Waals surface area contributed by atoms with Gasteiger partial charge in [-0.2, -0.15) is 0 Å². The minimum Gasteiger partial charge on any atom is -0.379 e. The van der Waals surface area contributed by atoms with E-state index in [-0.39, 0.29) is 0 Å². The van der Waals surface area contributed by atoms with Crippen LogP contribution in [0.1, 0.15) is 39.5 Å². The Hall–Kier alpha value is -0.810. The Morgan fingerprint density at radius 3 is 2.55 bits per heavy atom. The first-order valence-corrected chi connectivity index (χ1v) is 8.97. The fraction of sp³-hybridized carbons (Fsp3) is 0.941. The van der Waals surface area contributed by atoms with Crippen LogP contribution in [0.5, 0.6) is 0 Å². The van der Waals surface area contributed by atoms with Gasteiger partial charge < -0.3 is 15.4 Å². The molecule has 0 aromatic heterocycles. The Morgan fingerprint density at radius 2 is 1.95 bits per heavy atom. The zero-order valence-corrected chi connectivity index (χ0v) is 14.6. The molecule has 5 nitrogen and oxygen atoms in total. The van der Waals surface area contributed by atoms with Crippen LogP contribution in [0.15, 0.2) is 4.99 Å². The molecule has 2 aliphatic rings. The van der Waals surface area contributed by atoms with Crippen molar-refractivity contribution in [1.82, 2.24) is 15.5 Å². The Balaban J connectivity index is 1.68. The van der Waals surface area contributed by atoms with Gasteiger partial charge >= 0.3 is 0 Å². The van der Waals surface area contributed by atoms with E-state index in [1.54, 1.807) is 0 Å². The SMILES string of the molecule is CN=C(NCCCC1CC1)NCC(C(C)C)N1CCOCC1. The summed E-state index contributed by atoms with van der Waals surface area (Å²) in [5, 5.41) is 6.95. The highest BCUT2D eigenvalue weighted by molar-refractivity contribution is 5.79. The molecule has 0 aromatic carbocycles. The van der Waals surface area contributed by atoms with Crippen molar-refractivity contribution in [3.8, 4) is 0 Å². The summed E-state index contributed by atoms with van der Waals surface area (Å²) < 4.78 is 5.47. The molecule has 128 valence electrons. The molecular weight excluding hydrogens is 276 g/mol. The van der Waals surface area contributed by atoms with Crippen LogP contribution in [0.25, 0.3) is 0 Å². The van der Waals surface area contributed by atoms with Gasteiger partial charge in [0.05, 0.1) is 13.2 Å². The maximum atomic E-state index is 5.47. The smallest absolute Gasteiger partial charge is 0.191 e. The van der Waals surface area contributed by atoms with Crippen LogP contribution in [0.2, 0.25) is 0 Å². The molecule has 0 bridgehead atoms. The number of rotatable bonds is 8. The quantitative estimate of drug-likeness (QED) is 0.407. The molecule has 1 aliphatic heterocycles. The predicted molar refractivity (Wildman–Crippen MR) is 92.3 cm³/mol. The van der Waals surface area contributed by atoms with Gasteiger partial charge in [-0.15, -0.1) is 0 Å². The summed E-state index contributed by atoms with van der Waals surface area (Å²) in [5.74, 6) is 2.58. The number of hydrogen-bond acceptors (Lipinski definition) is 3. The molecule has 0 amide bonds. The van der Waals surface area contributed by atoms with E-state index >= 15 is 0 Å². The highest BCUT2D eigenvalue weighted by Gasteiger charge is 2.24. The van der Waals surface area contributed by atoms with Crippen molar-refractivity contribution in [2.24, 2.45) is 16.8 Å². The minimum atomic E-state index is 0.536. The first-order chi connectivity index (χ1) is 10.7. The van der Waals surface area contributed by atoms with Crippen molar-refractivity contribution in [3.05, 3.63) is 0 Å². The number of ether oxygens (including phenoxy) is 1. The van der Waals surface area contributed by atoms with E-state index in [4.69, 9.17) is 4.74 Å². The van der Waals surface area contributed by atoms with E-state index in [0.29, 0.717) is 12.0 Å². The molecule has 0 aromatic rings. The summed E-state index contributed by atoms with van der Waals surface area (Å²) in [7, 11) is 1.86. The lowest BCUT2D eigenvalue weighted by molar-refractivity contribution is 0.00752. The third-order valence-corrected chi connectivity index (χ3v) is 4.77. The number of nitrogens with zero attached hydrogens (tertiary/aromatic N) is 2. The van der Waals surface area contributed by atoms with E-state index in [2.05, 4.69) is 34.4 Å². The van der Waals surface area contributed by atoms with Crippen LogP contribution in [-0.2, 0) is 4.74 Å². The number of guanidine groups is 1. The Bertz CT molecular complexity index is 336. The second-order valence-corrected chi connectivity index (χ2v) is 6.93. The summed E-state index contributed by atoms with van der Waals surface area (Å²) in [4.78, 5) is 6.89. The zero-order valence-electron chi connectivity index (χ0n) is 14.6. The third kappa shape index (κ3) is 6.13. The number of aliphatic imine (C=N–C) groups is 1. The molecule has 1 saturated heterocycles.